The Balaban J connectivity index is 2.44. The van der Waals surface area contributed by atoms with E-state index in [1.165, 1.54) is 12.1 Å². The van der Waals surface area contributed by atoms with Gasteiger partial charge in [-0.25, -0.2) is 0 Å². The van der Waals surface area contributed by atoms with Crippen molar-refractivity contribution in [1.82, 2.24) is 0 Å². The maximum Gasteiger partial charge on any atom is 0.416 e. The molecule has 5 heteroatoms. The number of hydrogen-bond donors (Lipinski definition) is 1. The van der Waals surface area contributed by atoms with Gasteiger partial charge in [0, 0.05) is 5.56 Å². The van der Waals surface area contributed by atoms with Gasteiger partial charge in [-0.1, -0.05) is 35.9 Å². The summed E-state index contributed by atoms with van der Waals surface area (Å²) in [5.41, 5.74) is 6.68. The Morgan fingerprint density at radius 1 is 0.944 bits per heavy atom. The fraction of sp³-hybridized carbons (Fsp3) is 0.0769. The number of hydrogen-bond acceptors (Lipinski definition) is 1. The maximum absolute atomic E-state index is 12.4. The van der Waals surface area contributed by atoms with E-state index < -0.39 is 11.7 Å². The van der Waals surface area contributed by atoms with Crippen molar-refractivity contribution in [2.45, 2.75) is 6.18 Å². The van der Waals surface area contributed by atoms with Gasteiger partial charge in [-0.05, 0) is 23.8 Å². The Labute approximate surface area is 107 Å². The van der Waals surface area contributed by atoms with E-state index in [1.807, 2.05) is 0 Å². The van der Waals surface area contributed by atoms with Crippen LogP contribution in [0.2, 0.25) is 5.02 Å². The number of nitrogens with two attached hydrogens (primary N) is 1. The third kappa shape index (κ3) is 2.43. The van der Waals surface area contributed by atoms with Gasteiger partial charge < -0.3 is 5.73 Å². The van der Waals surface area contributed by atoms with Crippen LogP contribution in [0, 0.1) is 0 Å². The Hall–Kier alpha value is -1.68. The van der Waals surface area contributed by atoms with Gasteiger partial charge in [-0.2, -0.15) is 13.2 Å². The van der Waals surface area contributed by atoms with E-state index in [0.29, 0.717) is 21.8 Å². The number of anilines is 1. The summed E-state index contributed by atoms with van der Waals surface area (Å²) in [6, 6.07) is 9.85. The summed E-state index contributed by atoms with van der Waals surface area (Å²) in [4.78, 5) is 0. The predicted octanol–water partition coefficient (Wildman–Crippen LogP) is 4.61. The molecule has 0 saturated heterocycles. The highest BCUT2D eigenvalue weighted by Gasteiger charge is 2.30. The van der Waals surface area contributed by atoms with E-state index in [9.17, 15) is 13.2 Å². The van der Waals surface area contributed by atoms with Gasteiger partial charge in [-0.15, -0.1) is 0 Å². The number of nitrogen functional groups attached to an aromatic ring is 1. The zero-order valence-electron chi connectivity index (χ0n) is 9.13. The second-order valence-electron chi connectivity index (χ2n) is 3.78. The van der Waals surface area contributed by atoms with Gasteiger partial charge >= 0.3 is 6.18 Å². The van der Waals surface area contributed by atoms with Gasteiger partial charge in [0.05, 0.1) is 16.3 Å². The minimum atomic E-state index is -4.33. The van der Waals surface area contributed by atoms with Crippen molar-refractivity contribution in [3.63, 3.8) is 0 Å². The van der Waals surface area contributed by atoms with Crippen molar-refractivity contribution in [2.75, 3.05) is 5.73 Å². The lowest BCUT2D eigenvalue weighted by Gasteiger charge is -2.10. The molecule has 0 bridgehead atoms. The lowest BCUT2D eigenvalue weighted by molar-refractivity contribution is -0.137. The maximum atomic E-state index is 12.4. The smallest absolute Gasteiger partial charge is 0.397 e. The van der Waals surface area contributed by atoms with Crippen LogP contribution in [-0.2, 0) is 6.18 Å². The highest BCUT2D eigenvalue weighted by Crippen LogP contribution is 2.34. The van der Waals surface area contributed by atoms with Crippen molar-refractivity contribution >= 4 is 17.3 Å². The Kier molecular flexibility index (Phi) is 3.22. The van der Waals surface area contributed by atoms with Gasteiger partial charge in [0.25, 0.3) is 0 Å². The fourth-order valence-corrected chi connectivity index (χ4v) is 1.80. The minimum Gasteiger partial charge on any atom is -0.397 e. The lowest BCUT2D eigenvalue weighted by atomic mass is 10.0. The molecule has 0 spiro atoms. The first kappa shape index (κ1) is 12.8. The van der Waals surface area contributed by atoms with Crippen LogP contribution in [0.15, 0.2) is 42.5 Å². The molecule has 0 heterocycles. The van der Waals surface area contributed by atoms with Crippen LogP contribution >= 0.6 is 11.6 Å². The summed E-state index contributed by atoms with van der Waals surface area (Å²) in [6.45, 7) is 0. The number of para-hydroxylation sites is 1. The van der Waals surface area contributed by atoms with Crippen LogP contribution in [-0.4, -0.2) is 0 Å². The second kappa shape index (κ2) is 4.53. The monoisotopic (exact) mass is 271 g/mol. The molecular weight excluding hydrogens is 263 g/mol. The van der Waals surface area contributed by atoms with Gasteiger partial charge in [0.15, 0.2) is 0 Å². The third-order valence-corrected chi connectivity index (χ3v) is 2.91. The molecular formula is C13H9ClF3N. The van der Waals surface area contributed by atoms with E-state index in [4.69, 9.17) is 17.3 Å². The van der Waals surface area contributed by atoms with Crippen molar-refractivity contribution in [3.8, 4) is 11.1 Å². The highest BCUT2D eigenvalue weighted by atomic mass is 35.5. The predicted molar refractivity (Wildman–Crippen MR) is 66.3 cm³/mol. The Bertz CT molecular complexity index is 561. The number of alkyl halides is 3. The summed E-state index contributed by atoms with van der Waals surface area (Å²) in [7, 11) is 0. The van der Waals surface area contributed by atoms with E-state index in [2.05, 4.69) is 0 Å². The van der Waals surface area contributed by atoms with Gasteiger partial charge in [0.2, 0.25) is 0 Å². The quantitative estimate of drug-likeness (QED) is 0.753. The molecule has 0 aliphatic heterocycles. The molecule has 2 N–H and O–H groups in total. The normalized spacial score (nSPS) is 11.6. The summed E-state index contributed by atoms with van der Waals surface area (Å²) < 4.78 is 37.3. The van der Waals surface area contributed by atoms with Gasteiger partial charge in [-0.3, -0.25) is 0 Å². The molecule has 0 atom stereocenters. The second-order valence-corrected chi connectivity index (χ2v) is 4.18. The van der Waals surface area contributed by atoms with Crippen LogP contribution in [0.4, 0.5) is 18.9 Å². The van der Waals surface area contributed by atoms with Crippen molar-refractivity contribution in [3.05, 3.63) is 53.1 Å². The number of halogens is 4. The van der Waals surface area contributed by atoms with Gasteiger partial charge in [0.1, 0.15) is 0 Å². The highest BCUT2D eigenvalue weighted by molar-refractivity contribution is 6.33. The molecule has 2 aromatic carbocycles. The molecule has 0 radical (unpaired) electrons. The minimum absolute atomic E-state index is 0.360. The summed E-state index contributed by atoms with van der Waals surface area (Å²) in [6.07, 6.45) is -4.33. The standard InChI is InChI=1S/C13H9ClF3N/c14-11-3-1-2-10(12(11)18)8-4-6-9(7-5-8)13(15,16)17/h1-7H,18H2. The van der Waals surface area contributed by atoms with Crippen LogP contribution in [0.5, 0.6) is 0 Å². The molecule has 18 heavy (non-hydrogen) atoms. The van der Waals surface area contributed by atoms with E-state index >= 15 is 0 Å². The first-order valence-corrected chi connectivity index (χ1v) is 5.49. The molecule has 2 rings (SSSR count). The van der Waals surface area contributed by atoms with Crippen molar-refractivity contribution in [2.24, 2.45) is 0 Å². The zero-order valence-corrected chi connectivity index (χ0v) is 9.89. The van der Waals surface area contributed by atoms with Crippen molar-refractivity contribution in [1.29, 1.82) is 0 Å². The first-order valence-electron chi connectivity index (χ1n) is 5.11. The first-order chi connectivity index (χ1) is 8.39. The SMILES string of the molecule is Nc1c(Cl)cccc1-c1ccc(C(F)(F)F)cc1. The van der Waals surface area contributed by atoms with Crippen LogP contribution < -0.4 is 5.73 Å². The molecule has 1 nitrogen and oxygen atoms in total. The number of benzene rings is 2. The average Bonchev–Trinajstić information content (AvgIpc) is 2.32. The largest absolute Gasteiger partial charge is 0.416 e. The van der Waals surface area contributed by atoms with E-state index in [-0.39, 0.29) is 0 Å². The van der Waals surface area contributed by atoms with Crippen LogP contribution in [0.3, 0.4) is 0 Å². The average molecular weight is 272 g/mol. The van der Waals surface area contributed by atoms with Crippen molar-refractivity contribution < 1.29 is 13.2 Å². The summed E-state index contributed by atoms with van der Waals surface area (Å²) >= 11 is 5.86. The molecule has 0 unspecified atom stereocenters. The van der Waals surface area contributed by atoms with E-state index in [0.717, 1.165) is 12.1 Å². The fourth-order valence-electron chi connectivity index (χ4n) is 1.63. The Morgan fingerprint density at radius 3 is 2.11 bits per heavy atom. The molecule has 0 aliphatic rings. The van der Waals surface area contributed by atoms with Crippen LogP contribution in [0.1, 0.15) is 5.56 Å². The number of rotatable bonds is 1. The molecule has 0 saturated carbocycles. The molecule has 0 fully saturated rings. The molecule has 0 aliphatic carbocycles. The molecule has 0 amide bonds. The molecule has 2 aromatic rings. The summed E-state index contributed by atoms with van der Waals surface area (Å²) in [5, 5.41) is 0.382. The van der Waals surface area contributed by atoms with E-state index in [1.54, 1.807) is 18.2 Å². The molecule has 0 aromatic heterocycles. The summed E-state index contributed by atoms with van der Waals surface area (Å²) in [5.74, 6) is 0. The molecule has 94 valence electrons. The van der Waals surface area contributed by atoms with Crippen LogP contribution in [0.25, 0.3) is 11.1 Å². The Morgan fingerprint density at radius 2 is 1.56 bits per heavy atom. The zero-order chi connectivity index (χ0) is 13.3. The third-order valence-electron chi connectivity index (χ3n) is 2.58. The topological polar surface area (TPSA) is 26.0 Å². The lowest BCUT2D eigenvalue weighted by Crippen LogP contribution is -2.04.